The Labute approximate surface area is 187 Å². The average molecular weight is 478 g/mol. The van der Waals surface area contributed by atoms with Gasteiger partial charge in [-0.15, -0.1) is 0 Å². The van der Waals surface area contributed by atoms with Crippen molar-refractivity contribution in [2.24, 2.45) is 0 Å². The number of methoxy groups -OCH3 is 1. The molecule has 4 rings (SSSR count). The van der Waals surface area contributed by atoms with E-state index in [-0.39, 0.29) is 12.4 Å². The molecule has 0 saturated carbocycles. The van der Waals surface area contributed by atoms with E-state index >= 15 is 0 Å². The molecule has 0 fully saturated rings. The first-order valence-electron chi connectivity index (χ1n) is 9.38. The lowest BCUT2D eigenvalue weighted by Crippen LogP contribution is -2.00. The van der Waals surface area contributed by atoms with Gasteiger partial charge in [0.2, 0.25) is 0 Å². The van der Waals surface area contributed by atoms with Crippen LogP contribution >= 0.6 is 15.9 Å². The van der Waals surface area contributed by atoms with E-state index in [4.69, 9.17) is 9.47 Å². The summed E-state index contributed by atoms with van der Waals surface area (Å²) in [5.41, 5.74) is 3.70. The molecule has 0 bridgehead atoms. The number of nitriles is 1. The number of hydrogen-bond donors (Lipinski definition) is 1. The first kappa shape index (κ1) is 20.6. The highest BCUT2D eigenvalue weighted by Crippen LogP contribution is 2.33. The molecule has 0 atom stereocenters. The van der Waals surface area contributed by atoms with Gasteiger partial charge in [0, 0.05) is 27.4 Å². The summed E-state index contributed by atoms with van der Waals surface area (Å²) in [6, 6.07) is 19.3. The molecule has 1 N–H and O–H groups in total. The molecule has 154 valence electrons. The van der Waals surface area contributed by atoms with Gasteiger partial charge < -0.3 is 14.5 Å². The first-order valence-corrected chi connectivity index (χ1v) is 10.2. The summed E-state index contributed by atoms with van der Waals surface area (Å²) >= 11 is 3.37. The summed E-state index contributed by atoms with van der Waals surface area (Å²) < 4.78 is 25.4. The molecule has 1 aromatic heterocycles. The Hall–Kier alpha value is -3.63. The number of nitrogens with zero attached hydrogens (tertiary/aromatic N) is 2. The number of imidazole rings is 1. The summed E-state index contributed by atoms with van der Waals surface area (Å²) in [7, 11) is 1.57. The predicted molar refractivity (Wildman–Crippen MR) is 119 cm³/mol. The highest BCUT2D eigenvalue weighted by Gasteiger charge is 2.12. The SMILES string of the molecule is COc1cc(-c2c[nH]c(-c3ccc(F)cc3)n2)ccc1OCc1ccc(Br)cc1C#N. The smallest absolute Gasteiger partial charge is 0.161 e. The van der Waals surface area contributed by atoms with Crippen molar-refractivity contribution < 1.29 is 13.9 Å². The molecule has 0 amide bonds. The summed E-state index contributed by atoms with van der Waals surface area (Å²) in [6.07, 6.45) is 1.79. The Morgan fingerprint density at radius 3 is 2.55 bits per heavy atom. The van der Waals surface area contributed by atoms with Gasteiger partial charge in [-0.05, 0) is 54.6 Å². The van der Waals surface area contributed by atoms with Crippen molar-refractivity contribution >= 4 is 15.9 Å². The maximum atomic E-state index is 13.2. The van der Waals surface area contributed by atoms with Crippen LogP contribution in [0.25, 0.3) is 22.6 Å². The highest BCUT2D eigenvalue weighted by atomic mass is 79.9. The summed E-state index contributed by atoms with van der Waals surface area (Å²) in [4.78, 5) is 7.71. The zero-order chi connectivity index (χ0) is 21.8. The van der Waals surface area contributed by atoms with Crippen molar-refractivity contribution in [2.75, 3.05) is 7.11 Å². The van der Waals surface area contributed by atoms with E-state index in [0.717, 1.165) is 26.9 Å². The summed E-state index contributed by atoms with van der Waals surface area (Å²) in [5.74, 6) is 1.47. The fraction of sp³-hybridized carbons (Fsp3) is 0.0833. The standard InChI is InChI=1S/C24H17BrFN3O2/c1-30-23-11-16(21-13-28-24(29-21)15-3-7-20(26)8-4-15)5-9-22(23)31-14-17-2-6-19(25)10-18(17)12-27/h2-11,13H,14H2,1H3,(H,28,29). The van der Waals surface area contributed by atoms with Crippen LogP contribution in [0.2, 0.25) is 0 Å². The number of hydrogen-bond acceptors (Lipinski definition) is 4. The molecule has 0 spiro atoms. The van der Waals surface area contributed by atoms with Crippen LogP contribution in [-0.2, 0) is 6.61 Å². The molecule has 5 nitrogen and oxygen atoms in total. The van der Waals surface area contributed by atoms with E-state index in [0.29, 0.717) is 22.9 Å². The van der Waals surface area contributed by atoms with E-state index in [1.807, 2.05) is 30.3 Å². The van der Waals surface area contributed by atoms with Gasteiger partial charge >= 0.3 is 0 Å². The largest absolute Gasteiger partial charge is 0.493 e. The van der Waals surface area contributed by atoms with Crippen molar-refractivity contribution in [3.8, 4) is 40.2 Å². The van der Waals surface area contributed by atoms with Gasteiger partial charge in [0.1, 0.15) is 18.2 Å². The van der Waals surface area contributed by atoms with Gasteiger partial charge in [-0.1, -0.05) is 22.0 Å². The molecule has 1 heterocycles. The maximum absolute atomic E-state index is 13.2. The molecule has 3 aromatic carbocycles. The van der Waals surface area contributed by atoms with Crippen molar-refractivity contribution in [1.82, 2.24) is 9.97 Å². The van der Waals surface area contributed by atoms with E-state index < -0.39 is 0 Å². The molecule has 0 aliphatic carbocycles. The van der Waals surface area contributed by atoms with Crippen LogP contribution in [0.1, 0.15) is 11.1 Å². The molecule has 4 aromatic rings. The van der Waals surface area contributed by atoms with Gasteiger partial charge in [0.25, 0.3) is 0 Å². The van der Waals surface area contributed by atoms with Crippen LogP contribution in [0.5, 0.6) is 11.5 Å². The fourth-order valence-corrected chi connectivity index (χ4v) is 3.47. The van der Waals surface area contributed by atoms with Gasteiger partial charge in [0.05, 0.1) is 24.4 Å². The second-order valence-corrected chi connectivity index (χ2v) is 7.62. The Morgan fingerprint density at radius 2 is 1.81 bits per heavy atom. The number of halogens is 2. The highest BCUT2D eigenvalue weighted by molar-refractivity contribution is 9.10. The summed E-state index contributed by atoms with van der Waals surface area (Å²) in [6.45, 7) is 0.239. The van der Waals surface area contributed by atoms with Crippen LogP contribution in [0.15, 0.2) is 71.3 Å². The van der Waals surface area contributed by atoms with Crippen LogP contribution < -0.4 is 9.47 Å². The van der Waals surface area contributed by atoms with Crippen LogP contribution in [-0.4, -0.2) is 17.1 Å². The van der Waals surface area contributed by atoms with Crippen LogP contribution in [0.4, 0.5) is 4.39 Å². The average Bonchev–Trinajstić information content (AvgIpc) is 3.29. The minimum Gasteiger partial charge on any atom is -0.493 e. The van der Waals surface area contributed by atoms with Gasteiger partial charge in [-0.3, -0.25) is 0 Å². The van der Waals surface area contributed by atoms with Gasteiger partial charge in [-0.25, -0.2) is 9.37 Å². The third kappa shape index (κ3) is 4.60. The molecule has 0 saturated heterocycles. The molecule has 0 unspecified atom stereocenters. The number of aromatic amines is 1. The van der Waals surface area contributed by atoms with Crippen molar-refractivity contribution in [3.05, 3.63) is 88.3 Å². The normalized spacial score (nSPS) is 10.5. The molecular formula is C24H17BrFN3O2. The number of benzene rings is 3. The van der Waals surface area contributed by atoms with Gasteiger partial charge in [0.15, 0.2) is 11.5 Å². The fourth-order valence-electron chi connectivity index (χ4n) is 3.11. The minimum absolute atomic E-state index is 0.239. The topological polar surface area (TPSA) is 70.9 Å². The monoisotopic (exact) mass is 477 g/mol. The number of ether oxygens (including phenoxy) is 2. The lowest BCUT2D eigenvalue weighted by molar-refractivity contribution is 0.284. The van der Waals surface area contributed by atoms with E-state index in [9.17, 15) is 9.65 Å². The molecule has 7 heteroatoms. The lowest BCUT2D eigenvalue weighted by Gasteiger charge is -2.12. The molecule has 0 aliphatic heterocycles. The van der Waals surface area contributed by atoms with E-state index in [1.165, 1.54) is 12.1 Å². The van der Waals surface area contributed by atoms with E-state index in [1.54, 1.807) is 31.5 Å². The first-order chi connectivity index (χ1) is 15.1. The second-order valence-electron chi connectivity index (χ2n) is 6.71. The van der Waals surface area contributed by atoms with Crippen molar-refractivity contribution in [2.45, 2.75) is 6.61 Å². The van der Waals surface area contributed by atoms with E-state index in [2.05, 4.69) is 32.0 Å². The third-order valence-corrected chi connectivity index (χ3v) is 5.22. The van der Waals surface area contributed by atoms with Crippen molar-refractivity contribution in [3.63, 3.8) is 0 Å². The van der Waals surface area contributed by atoms with Crippen LogP contribution in [0, 0.1) is 17.1 Å². The number of nitrogens with one attached hydrogen (secondary N) is 1. The molecule has 0 radical (unpaired) electrons. The second kappa shape index (κ2) is 9.02. The molecule has 0 aliphatic rings. The Bertz CT molecular complexity index is 1260. The van der Waals surface area contributed by atoms with Crippen LogP contribution in [0.3, 0.4) is 0 Å². The number of rotatable bonds is 6. The number of aromatic nitrogens is 2. The Morgan fingerprint density at radius 1 is 1.03 bits per heavy atom. The van der Waals surface area contributed by atoms with Crippen molar-refractivity contribution in [1.29, 1.82) is 5.26 Å². The zero-order valence-corrected chi connectivity index (χ0v) is 18.1. The lowest BCUT2D eigenvalue weighted by atomic mass is 10.1. The molecular weight excluding hydrogens is 461 g/mol. The minimum atomic E-state index is -0.291. The third-order valence-electron chi connectivity index (χ3n) is 4.73. The maximum Gasteiger partial charge on any atom is 0.161 e. The Kier molecular flexibility index (Phi) is 6.01. The Balaban J connectivity index is 1.55. The predicted octanol–water partition coefficient (Wildman–Crippen LogP) is 6.10. The van der Waals surface area contributed by atoms with Gasteiger partial charge in [-0.2, -0.15) is 5.26 Å². The summed E-state index contributed by atoms with van der Waals surface area (Å²) in [5, 5.41) is 9.32. The number of H-pyrrole nitrogens is 1. The zero-order valence-electron chi connectivity index (χ0n) is 16.5. The quantitative estimate of drug-likeness (QED) is 0.363. The molecule has 31 heavy (non-hydrogen) atoms.